The van der Waals surface area contributed by atoms with Crippen molar-refractivity contribution < 1.29 is 0 Å². The molecule has 0 aliphatic carbocycles. The van der Waals surface area contributed by atoms with Crippen molar-refractivity contribution >= 4 is 23.5 Å². The van der Waals surface area contributed by atoms with Crippen molar-refractivity contribution in [3.05, 3.63) is 30.0 Å². The quantitative estimate of drug-likeness (QED) is 0.729. The largest absolute Gasteiger partial charge is 0.384 e. The van der Waals surface area contributed by atoms with E-state index in [-0.39, 0.29) is 0 Å². The van der Waals surface area contributed by atoms with Gasteiger partial charge in [-0.2, -0.15) is 0 Å². The van der Waals surface area contributed by atoms with Gasteiger partial charge in [-0.1, -0.05) is 12.2 Å². The van der Waals surface area contributed by atoms with Gasteiger partial charge < -0.3 is 5.73 Å². The topological polar surface area (TPSA) is 38.9 Å². The number of allylic oxidation sites excluding steroid dienone is 1. The van der Waals surface area contributed by atoms with Crippen LogP contribution in [0.1, 0.15) is 12.0 Å². The zero-order chi connectivity index (χ0) is 8.81. The molecule has 0 atom stereocenters. The molecule has 2 N–H and O–H groups in total. The van der Waals surface area contributed by atoms with Gasteiger partial charge in [-0.25, -0.2) is 4.98 Å². The van der Waals surface area contributed by atoms with Crippen LogP contribution in [0.4, 0.5) is 5.82 Å². The summed E-state index contributed by atoms with van der Waals surface area (Å²) in [6.45, 7) is 0. The average Bonchev–Trinajstić information content (AvgIpc) is 2.05. The summed E-state index contributed by atoms with van der Waals surface area (Å²) in [7, 11) is 0. The number of halogens is 1. The normalized spacial score (nSPS) is 10.8. The first-order valence-electron chi connectivity index (χ1n) is 3.77. The summed E-state index contributed by atoms with van der Waals surface area (Å²) < 4.78 is 0. The van der Waals surface area contributed by atoms with Crippen LogP contribution in [0.3, 0.4) is 0 Å². The molecule has 1 aromatic rings. The molecular weight excluding hydrogens is 172 g/mol. The van der Waals surface area contributed by atoms with Crippen molar-refractivity contribution in [3.63, 3.8) is 0 Å². The molecule has 0 aromatic carbocycles. The van der Waals surface area contributed by atoms with E-state index >= 15 is 0 Å². The van der Waals surface area contributed by atoms with E-state index in [1.54, 1.807) is 6.20 Å². The second kappa shape index (κ2) is 4.78. The Morgan fingerprint density at radius 1 is 1.58 bits per heavy atom. The highest BCUT2D eigenvalue weighted by Gasteiger charge is 1.87. The summed E-state index contributed by atoms with van der Waals surface area (Å²) in [6, 6.07) is 3.73. The second-order valence-electron chi connectivity index (χ2n) is 2.39. The lowest BCUT2D eigenvalue weighted by Gasteiger charge is -1.93. The number of anilines is 1. The van der Waals surface area contributed by atoms with E-state index in [4.69, 9.17) is 17.3 Å². The lowest BCUT2D eigenvalue weighted by molar-refractivity contribution is 1.24. The van der Waals surface area contributed by atoms with Gasteiger partial charge in [0.25, 0.3) is 0 Å². The highest BCUT2D eigenvalue weighted by atomic mass is 35.5. The molecule has 0 saturated heterocycles. The first-order chi connectivity index (χ1) is 5.83. The van der Waals surface area contributed by atoms with Crippen LogP contribution < -0.4 is 5.73 Å². The predicted octanol–water partition coefficient (Wildman–Crippen LogP) is 2.31. The van der Waals surface area contributed by atoms with E-state index in [0.717, 1.165) is 12.0 Å². The fourth-order valence-corrected chi connectivity index (χ4v) is 0.978. The predicted molar refractivity (Wildman–Crippen MR) is 53.0 cm³/mol. The first kappa shape index (κ1) is 9.07. The summed E-state index contributed by atoms with van der Waals surface area (Å²) in [6.07, 6.45) is 6.57. The van der Waals surface area contributed by atoms with Crippen molar-refractivity contribution in [1.29, 1.82) is 0 Å². The van der Waals surface area contributed by atoms with Crippen LogP contribution in [-0.2, 0) is 0 Å². The van der Waals surface area contributed by atoms with Gasteiger partial charge in [0, 0.05) is 12.1 Å². The molecule has 1 rings (SSSR count). The molecule has 64 valence electrons. The molecule has 3 heteroatoms. The molecule has 12 heavy (non-hydrogen) atoms. The number of hydrogen-bond donors (Lipinski definition) is 1. The maximum absolute atomic E-state index is 5.51. The molecule has 0 unspecified atom stereocenters. The molecule has 0 radical (unpaired) electrons. The minimum Gasteiger partial charge on any atom is -0.384 e. The van der Waals surface area contributed by atoms with Crippen LogP contribution >= 0.6 is 11.6 Å². The van der Waals surface area contributed by atoms with Gasteiger partial charge in [-0.3, -0.25) is 0 Å². The summed E-state index contributed by atoms with van der Waals surface area (Å²) in [4.78, 5) is 3.89. The van der Waals surface area contributed by atoms with E-state index in [1.807, 2.05) is 24.3 Å². The fourth-order valence-electron chi connectivity index (χ4n) is 0.852. The molecule has 0 bridgehead atoms. The summed E-state index contributed by atoms with van der Waals surface area (Å²) in [5.74, 6) is 1.19. The lowest BCUT2D eigenvalue weighted by atomic mass is 10.2. The number of nitrogen functional groups attached to an aromatic ring is 1. The van der Waals surface area contributed by atoms with Gasteiger partial charge in [-0.15, -0.1) is 11.6 Å². The molecule has 0 amide bonds. The molecule has 0 spiro atoms. The Hall–Kier alpha value is -1.02. The van der Waals surface area contributed by atoms with Crippen molar-refractivity contribution in [2.45, 2.75) is 6.42 Å². The zero-order valence-corrected chi connectivity index (χ0v) is 7.46. The Morgan fingerprint density at radius 2 is 2.42 bits per heavy atom. The molecule has 0 saturated carbocycles. The third-order valence-electron chi connectivity index (χ3n) is 1.39. The molecule has 1 aromatic heterocycles. The zero-order valence-electron chi connectivity index (χ0n) is 6.70. The second-order valence-corrected chi connectivity index (χ2v) is 2.77. The summed E-state index contributed by atoms with van der Waals surface area (Å²) in [5.41, 5.74) is 6.55. The van der Waals surface area contributed by atoms with Crippen LogP contribution in [0, 0.1) is 0 Å². The molecule has 1 heterocycles. The van der Waals surface area contributed by atoms with Crippen molar-refractivity contribution in [3.8, 4) is 0 Å². The Balaban J connectivity index is 2.63. The monoisotopic (exact) mass is 182 g/mol. The van der Waals surface area contributed by atoms with E-state index < -0.39 is 0 Å². The third-order valence-corrected chi connectivity index (χ3v) is 1.61. The number of alkyl halides is 1. The summed E-state index contributed by atoms with van der Waals surface area (Å²) in [5, 5.41) is 0. The maximum Gasteiger partial charge on any atom is 0.123 e. The minimum absolute atomic E-state index is 0.544. The summed E-state index contributed by atoms with van der Waals surface area (Å²) >= 11 is 5.51. The van der Waals surface area contributed by atoms with Gasteiger partial charge in [0.1, 0.15) is 5.82 Å². The first-order valence-corrected chi connectivity index (χ1v) is 4.30. The Labute approximate surface area is 77.1 Å². The smallest absolute Gasteiger partial charge is 0.123 e. The van der Waals surface area contributed by atoms with Crippen LogP contribution in [-0.4, -0.2) is 10.9 Å². The number of nitrogens with zero attached hydrogens (tertiary/aromatic N) is 1. The molecule has 0 fully saturated rings. The highest BCUT2D eigenvalue weighted by Crippen LogP contribution is 2.05. The van der Waals surface area contributed by atoms with Crippen molar-refractivity contribution in [2.75, 3.05) is 11.6 Å². The lowest BCUT2D eigenvalue weighted by Crippen LogP contribution is -1.88. The Kier molecular flexibility index (Phi) is 3.61. The van der Waals surface area contributed by atoms with Crippen molar-refractivity contribution in [2.24, 2.45) is 0 Å². The van der Waals surface area contributed by atoms with Crippen LogP contribution in [0.5, 0.6) is 0 Å². The van der Waals surface area contributed by atoms with E-state index in [1.165, 1.54) is 0 Å². The van der Waals surface area contributed by atoms with E-state index in [9.17, 15) is 0 Å². The van der Waals surface area contributed by atoms with E-state index in [2.05, 4.69) is 4.98 Å². The number of aromatic nitrogens is 1. The number of hydrogen-bond acceptors (Lipinski definition) is 2. The number of pyridine rings is 1. The molecule has 0 aliphatic heterocycles. The Morgan fingerprint density at radius 3 is 3.08 bits per heavy atom. The highest BCUT2D eigenvalue weighted by molar-refractivity contribution is 6.17. The standard InChI is InChI=1S/C9H11ClN2/c10-5-2-1-3-8-4-6-12-9(11)7-8/h1,3-4,6-7H,2,5H2,(H2,11,12). The molecular formula is C9H11ClN2. The van der Waals surface area contributed by atoms with Gasteiger partial charge in [-0.05, 0) is 24.1 Å². The van der Waals surface area contributed by atoms with Gasteiger partial charge in [0.15, 0.2) is 0 Å². The molecule has 0 aliphatic rings. The van der Waals surface area contributed by atoms with Gasteiger partial charge in [0.05, 0.1) is 0 Å². The fraction of sp³-hybridized carbons (Fsp3) is 0.222. The third kappa shape index (κ3) is 2.93. The van der Waals surface area contributed by atoms with Crippen LogP contribution in [0.2, 0.25) is 0 Å². The van der Waals surface area contributed by atoms with Crippen molar-refractivity contribution in [1.82, 2.24) is 4.98 Å². The van der Waals surface area contributed by atoms with Gasteiger partial charge >= 0.3 is 0 Å². The van der Waals surface area contributed by atoms with Gasteiger partial charge in [0.2, 0.25) is 0 Å². The van der Waals surface area contributed by atoms with E-state index in [0.29, 0.717) is 11.7 Å². The van der Waals surface area contributed by atoms with Crippen LogP contribution in [0.25, 0.3) is 6.08 Å². The maximum atomic E-state index is 5.51. The minimum atomic E-state index is 0.544. The average molecular weight is 183 g/mol. The number of rotatable bonds is 3. The molecule has 2 nitrogen and oxygen atoms in total. The Bertz CT molecular complexity index is 271. The number of nitrogens with two attached hydrogens (primary N) is 1. The SMILES string of the molecule is Nc1cc(C=CCCCl)ccn1. The van der Waals surface area contributed by atoms with Crippen LogP contribution in [0.15, 0.2) is 24.4 Å².